The van der Waals surface area contributed by atoms with Gasteiger partial charge in [-0.25, -0.2) is 4.98 Å². The van der Waals surface area contributed by atoms with E-state index in [2.05, 4.69) is 44.3 Å². The fourth-order valence-corrected chi connectivity index (χ4v) is 2.65. The van der Waals surface area contributed by atoms with Crippen LogP contribution in [0, 0.1) is 2.88 Å². The van der Waals surface area contributed by atoms with Crippen molar-refractivity contribution >= 4 is 33.9 Å². The van der Waals surface area contributed by atoms with E-state index in [4.69, 9.17) is 9.15 Å². The van der Waals surface area contributed by atoms with Crippen LogP contribution < -0.4 is 5.32 Å². The molecule has 2 aromatic heterocycles. The number of aromatic nitrogens is 1. The SMILES string of the molecule is COCCNCc1coc(-c2csc(I)c2)n1. The van der Waals surface area contributed by atoms with Crippen molar-refractivity contribution in [1.82, 2.24) is 10.3 Å². The number of oxazole rings is 1. The van der Waals surface area contributed by atoms with Gasteiger partial charge in [-0.3, -0.25) is 0 Å². The highest BCUT2D eigenvalue weighted by atomic mass is 127. The summed E-state index contributed by atoms with van der Waals surface area (Å²) in [6.07, 6.45) is 1.69. The Hall–Kier alpha value is -0.440. The molecule has 0 saturated heterocycles. The predicted octanol–water partition coefficient (Wildman–Crippen LogP) is 2.74. The van der Waals surface area contributed by atoms with E-state index in [9.17, 15) is 0 Å². The number of nitrogens with zero attached hydrogens (tertiary/aromatic N) is 1. The molecule has 2 heterocycles. The van der Waals surface area contributed by atoms with Crippen LogP contribution in [0.2, 0.25) is 0 Å². The third kappa shape index (κ3) is 3.77. The lowest BCUT2D eigenvalue weighted by molar-refractivity contribution is 0.199. The van der Waals surface area contributed by atoms with E-state index < -0.39 is 0 Å². The molecule has 0 aliphatic carbocycles. The average molecular weight is 364 g/mol. The van der Waals surface area contributed by atoms with E-state index in [0.717, 1.165) is 17.8 Å². The maximum absolute atomic E-state index is 5.44. The third-order valence-electron chi connectivity index (χ3n) is 2.16. The fourth-order valence-electron chi connectivity index (χ4n) is 1.33. The lowest BCUT2D eigenvalue weighted by Crippen LogP contribution is -2.18. The van der Waals surface area contributed by atoms with Gasteiger partial charge < -0.3 is 14.5 Å². The number of hydrogen-bond donors (Lipinski definition) is 1. The maximum atomic E-state index is 5.44. The second-order valence-corrected chi connectivity index (χ2v) is 6.26. The number of ether oxygens (including phenoxy) is 1. The van der Waals surface area contributed by atoms with E-state index in [-0.39, 0.29) is 0 Å². The first-order valence-corrected chi connectivity index (χ1v) is 7.14. The van der Waals surface area contributed by atoms with E-state index in [1.54, 1.807) is 24.7 Å². The second-order valence-electron chi connectivity index (χ2n) is 3.45. The summed E-state index contributed by atoms with van der Waals surface area (Å²) in [5, 5.41) is 5.28. The number of halogens is 1. The molecular weight excluding hydrogens is 351 g/mol. The van der Waals surface area contributed by atoms with Crippen LogP contribution in [0.1, 0.15) is 5.69 Å². The van der Waals surface area contributed by atoms with E-state index in [1.165, 1.54) is 2.88 Å². The minimum atomic E-state index is 0.688. The van der Waals surface area contributed by atoms with Crippen molar-refractivity contribution in [3.8, 4) is 11.5 Å². The van der Waals surface area contributed by atoms with Crippen LogP contribution in [-0.4, -0.2) is 25.2 Å². The smallest absolute Gasteiger partial charge is 0.227 e. The number of hydrogen-bond acceptors (Lipinski definition) is 5. The molecule has 2 rings (SSSR count). The molecule has 0 unspecified atom stereocenters. The van der Waals surface area contributed by atoms with Gasteiger partial charge in [0, 0.05) is 31.1 Å². The fraction of sp³-hybridized carbons (Fsp3) is 0.364. The van der Waals surface area contributed by atoms with Crippen LogP contribution in [0.15, 0.2) is 22.1 Å². The monoisotopic (exact) mass is 364 g/mol. The van der Waals surface area contributed by atoms with Gasteiger partial charge in [0.2, 0.25) is 5.89 Å². The highest BCUT2D eigenvalue weighted by Crippen LogP contribution is 2.25. The zero-order valence-corrected chi connectivity index (χ0v) is 12.4. The summed E-state index contributed by atoms with van der Waals surface area (Å²) >= 11 is 3.98. The summed E-state index contributed by atoms with van der Waals surface area (Å²) in [6.45, 7) is 2.22. The van der Waals surface area contributed by atoms with Gasteiger partial charge in [-0.05, 0) is 28.7 Å². The molecule has 0 spiro atoms. The van der Waals surface area contributed by atoms with Crippen LogP contribution in [0.4, 0.5) is 0 Å². The van der Waals surface area contributed by atoms with Gasteiger partial charge in [0.15, 0.2) is 0 Å². The van der Waals surface area contributed by atoms with Crippen LogP contribution in [0.25, 0.3) is 11.5 Å². The summed E-state index contributed by atoms with van der Waals surface area (Å²) in [5.41, 5.74) is 1.96. The molecule has 0 aliphatic heterocycles. The lowest BCUT2D eigenvalue weighted by Gasteiger charge is -1.99. The summed E-state index contributed by atoms with van der Waals surface area (Å²) in [7, 11) is 1.69. The molecule has 0 aliphatic rings. The quantitative estimate of drug-likeness (QED) is 0.633. The highest BCUT2D eigenvalue weighted by molar-refractivity contribution is 14.1. The standard InChI is InChI=1S/C11H13IN2O2S/c1-15-3-2-13-5-9-6-16-11(14-9)8-4-10(12)17-7-8/h4,6-7,13H,2-3,5H2,1H3. The summed E-state index contributed by atoms with van der Waals surface area (Å²) in [4.78, 5) is 4.42. The molecule has 1 N–H and O–H groups in total. The Kier molecular flexibility index (Phi) is 4.96. The first-order valence-electron chi connectivity index (χ1n) is 5.18. The zero-order valence-electron chi connectivity index (χ0n) is 9.40. The van der Waals surface area contributed by atoms with Gasteiger partial charge in [-0.1, -0.05) is 0 Å². The van der Waals surface area contributed by atoms with Crippen molar-refractivity contribution < 1.29 is 9.15 Å². The first-order chi connectivity index (χ1) is 8.29. The minimum absolute atomic E-state index is 0.688. The van der Waals surface area contributed by atoms with Gasteiger partial charge >= 0.3 is 0 Å². The molecule has 4 nitrogen and oxygen atoms in total. The van der Waals surface area contributed by atoms with Gasteiger partial charge in [0.05, 0.1) is 15.2 Å². The van der Waals surface area contributed by atoms with E-state index in [0.29, 0.717) is 19.0 Å². The molecule has 6 heteroatoms. The Morgan fingerprint density at radius 3 is 3.18 bits per heavy atom. The predicted molar refractivity (Wildman–Crippen MR) is 76.1 cm³/mol. The normalized spacial score (nSPS) is 10.9. The summed E-state index contributed by atoms with van der Waals surface area (Å²) in [6, 6.07) is 2.07. The average Bonchev–Trinajstić information content (AvgIpc) is 2.93. The lowest BCUT2D eigenvalue weighted by atomic mass is 10.3. The zero-order chi connectivity index (χ0) is 12.1. The Morgan fingerprint density at radius 2 is 2.47 bits per heavy atom. The largest absolute Gasteiger partial charge is 0.444 e. The number of nitrogens with one attached hydrogen (secondary N) is 1. The molecule has 0 saturated carbocycles. The molecule has 0 radical (unpaired) electrons. The summed E-state index contributed by atoms with van der Waals surface area (Å²) in [5.74, 6) is 0.688. The Balaban J connectivity index is 1.92. The van der Waals surface area contributed by atoms with Crippen LogP contribution in [-0.2, 0) is 11.3 Å². The van der Waals surface area contributed by atoms with E-state index >= 15 is 0 Å². The van der Waals surface area contributed by atoms with Crippen molar-refractivity contribution in [2.24, 2.45) is 0 Å². The van der Waals surface area contributed by atoms with Gasteiger partial charge in [0.25, 0.3) is 0 Å². The number of rotatable bonds is 6. The van der Waals surface area contributed by atoms with Crippen LogP contribution in [0.3, 0.4) is 0 Å². The first kappa shape index (κ1) is 13.0. The number of methoxy groups -OCH3 is 1. The molecule has 92 valence electrons. The van der Waals surface area contributed by atoms with Crippen molar-refractivity contribution in [3.63, 3.8) is 0 Å². The molecule has 17 heavy (non-hydrogen) atoms. The second kappa shape index (κ2) is 6.48. The summed E-state index contributed by atoms with van der Waals surface area (Å²) < 4.78 is 11.6. The van der Waals surface area contributed by atoms with Gasteiger partial charge in [-0.15, -0.1) is 11.3 Å². The minimum Gasteiger partial charge on any atom is -0.444 e. The molecule has 0 amide bonds. The number of thiophene rings is 1. The van der Waals surface area contributed by atoms with Crippen molar-refractivity contribution in [2.75, 3.05) is 20.3 Å². The van der Waals surface area contributed by atoms with Crippen LogP contribution >= 0.6 is 33.9 Å². The Labute approximate surface area is 118 Å². The third-order valence-corrected chi connectivity index (χ3v) is 3.94. The Morgan fingerprint density at radius 1 is 1.59 bits per heavy atom. The van der Waals surface area contributed by atoms with Crippen molar-refractivity contribution in [2.45, 2.75) is 6.54 Å². The molecule has 0 fully saturated rings. The van der Waals surface area contributed by atoms with Gasteiger partial charge in [-0.2, -0.15) is 0 Å². The van der Waals surface area contributed by atoms with Crippen molar-refractivity contribution in [1.29, 1.82) is 0 Å². The molecule has 0 aromatic carbocycles. The molecular formula is C11H13IN2O2S. The molecule has 0 atom stereocenters. The van der Waals surface area contributed by atoms with Gasteiger partial charge in [0.1, 0.15) is 6.26 Å². The molecule has 0 bridgehead atoms. The van der Waals surface area contributed by atoms with E-state index in [1.807, 2.05) is 0 Å². The Bertz CT molecular complexity index is 469. The topological polar surface area (TPSA) is 47.3 Å². The highest BCUT2D eigenvalue weighted by Gasteiger charge is 2.08. The van der Waals surface area contributed by atoms with Crippen molar-refractivity contribution in [3.05, 3.63) is 26.3 Å². The van der Waals surface area contributed by atoms with Crippen LogP contribution in [0.5, 0.6) is 0 Å². The molecule has 2 aromatic rings. The maximum Gasteiger partial charge on any atom is 0.227 e.